The lowest BCUT2D eigenvalue weighted by Crippen LogP contribution is -2.39. The van der Waals surface area contributed by atoms with Gasteiger partial charge >= 0.3 is 0 Å². The van der Waals surface area contributed by atoms with Crippen LogP contribution in [0.15, 0.2) is 16.3 Å². The van der Waals surface area contributed by atoms with Crippen molar-refractivity contribution in [3.63, 3.8) is 0 Å². The predicted octanol–water partition coefficient (Wildman–Crippen LogP) is 4.14. The Morgan fingerprint density at radius 2 is 1.90 bits per heavy atom. The second-order valence-corrected chi connectivity index (χ2v) is 6.09. The third kappa shape index (κ3) is 3.63. The van der Waals surface area contributed by atoms with Gasteiger partial charge in [0.1, 0.15) is 7.11 Å². The van der Waals surface area contributed by atoms with Crippen LogP contribution in [0, 0.1) is 0 Å². The van der Waals surface area contributed by atoms with Crippen LogP contribution < -0.4 is 0 Å². The molecular weight excluding hydrogens is 248 g/mol. The lowest BCUT2D eigenvalue weighted by molar-refractivity contribution is 0.178. The van der Waals surface area contributed by atoms with Gasteiger partial charge in [0.2, 0.25) is 0 Å². The van der Waals surface area contributed by atoms with Crippen molar-refractivity contribution in [2.75, 3.05) is 20.2 Å². The summed E-state index contributed by atoms with van der Waals surface area (Å²) in [7, 11) is 1.66. The predicted molar refractivity (Wildman–Crippen MR) is 85.1 cm³/mol. The molecule has 0 N–H and O–H groups in total. The lowest BCUT2D eigenvalue weighted by atomic mass is 9.78. The van der Waals surface area contributed by atoms with Gasteiger partial charge in [-0.05, 0) is 70.0 Å². The van der Waals surface area contributed by atoms with Gasteiger partial charge in [0.05, 0.1) is 5.71 Å². The van der Waals surface area contributed by atoms with Crippen molar-refractivity contribution in [2.24, 2.45) is 5.16 Å². The van der Waals surface area contributed by atoms with Gasteiger partial charge in [-0.2, -0.15) is 0 Å². The summed E-state index contributed by atoms with van der Waals surface area (Å²) in [6.45, 7) is 7.08. The van der Waals surface area contributed by atoms with E-state index in [1.807, 2.05) is 0 Å². The third-order valence-electron chi connectivity index (χ3n) is 4.62. The van der Waals surface area contributed by atoms with E-state index < -0.39 is 0 Å². The molecule has 2 aliphatic carbocycles. The van der Waals surface area contributed by atoms with E-state index in [9.17, 15) is 0 Å². The molecule has 0 bridgehead atoms. The van der Waals surface area contributed by atoms with Gasteiger partial charge in [-0.15, -0.1) is 0 Å². The molecule has 0 aromatic carbocycles. The molecule has 1 atom stereocenters. The third-order valence-corrected chi connectivity index (χ3v) is 4.62. The van der Waals surface area contributed by atoms with Gasteiger partial charge in [0.15, 0.2) is 0 Å². The Balaban J connectivity index is 2.08. The highest BCUT2D eigenvalue weighted by molar-refractivity contribution is 6.01. The zero-order valence-corrected chi connectivity index (χ0v) is 13.5. The Morgan fingerprint density at radius 3 is 2.55 bits per heavy atom. The summed E-state index contributed by atoms with van der Waals surface area (Å²) in [5, 5.41) is 4.26. The molecule has 114 valence electrons. The molecule has 1 unspecified atom stereocenters. The largest absolute Gasteiger partial charge is 0.399 e. The Bertz CT molecular complexity index is 367. The maximum atomic E-state index is 5.03. The van der Waals surface area contributed by atoms with Crippen LogP contribution in [0.4, 0.5) is 0 Å². The lowest BCUT2D eigenvalue weighted by Gasteiger charge is -2.37. The number of oxime groups is 1. The quantitative estimate of drug-likeness (QED) is 0.682. The van der Waals surface area contributed by atoms with E-state index in [0.29, 0.717) is 0 Å². The van der Waals surface area contributed by atoms with Crippen LogP contribution in [-0.2, 0) is 4.84 Å². The maximum absolute atomic E-state index is 5.03. The van der Waals surface area contributed by atoms with Crippen molar-refractivity contribution >= 4 is 5.71 Å². The van der Waals surface area contributed by atoms with Crippen LogP contribution in [0.25, 0.3) is 0 Å². The smallest absolute Gasteiger partial charge is 0.106 e. The number of nitrogens with zero attached hydrogens (tertiary/aromatic N) is 2. The molecule has 0 aromatic heterocycles. The molecule has 0 saturated carbocycles. The Labute approximate surface area is 124 Å². The molecule has 2 rings (SSSR count). The number of hydrogen-bond acceptors (Lipinski definition) is 3. The SMILES string of the molecule is CCCN(CCC)C1CCC2=C(CCC/C2=N\OC)C1. The summed E-state index contributed by atoms with van der Waals surface area (Å²) in [6, 6.07) is 0.760. The van der Waals surface area contributed by atoms with E-state index in [-0.39, 0.29) is 0 Å². The molecule has 0 fully saturated rings. The van der Waals surface area contributed by atoms with Gasteiger partial charge in [0.25, 0.3) is 0 Å². The molecule has 0 aliphatic heterocycles. The van der Waals surface area contributed by atoms with Gasteiger partial charge in [-0.3, -0.25) is 0 Å². The van der Waals surface area contributed by atoms with Gasteiger partial charge < -0.3 is 9.74 Å². The second kappa shape index (κ2) is 7.82. The minimum absolute atomic E-state index is 0.760. The molecule has 0 amide bonds. The first-order valence-corrected chi connectivity index (χ1v) is 8.35. The Morgan fingerprint density at radius 1 is 1.15 bits per heavy atom. The number of allylic oxidation sites excluding steroid dienone is 1. The summed E-state index contributed by atoms with van der Waals surface area (Å²) < 4.78 is 0. The normalized spacial score (nSPS) is 25.2. The van der Waals surface area contributed by atoms with E-state index in [4.69, 9.17) is 4.84 Å². The van der Waals surface area contributed by atoms with Gasteiger partial charge in [-0.1, -0.05) is 24.6 Å². The van der Waals surface area contributed by atoms with Crippen LogP contribution in [0.5, 0.6) is 0 Å². The summed E-state index contributed by atoms with van der Waals surface area (Å²) in [4.78, 5) is 7.74. The van der Waals surface area contributed by atoms with Crippen LogP contribution in [0.1, 0.15) is 65.2 Å². The zero-order chi connectivity index (χ0) is 14.4. The Kier molecular flexibility index (Phi) is 6.08. The molecule has 0 radical (unpaired) electrons. The number of rotatable bonds is 6. The van der Waals surface area contributed by atoms with Crippen molar-refractivity contribution in [1.82, 2.24) is 4.90 Å². The second-order valence-electron chi connectivity index (χ2n) is 6.09. The average molecular weight is 278 g/mol. The van der Waals surface area contributed by atoms with Gasteiger partial charge in [0, 0.05) is 6.04 Å². The number of hydrogen-bond donors (Lipinski definition) is 0. The van der Waals surface area contributed by atoms with Crippen LogP contribution in [-0.4, -0.2) is 36.9 Å². The standard InChI is InChI=1S/C17H30N2O/c1-4-11-19(12-5-2)15-9-10-16-14(13-15)7-6-8-17(16)18-20-3/h15H,4-13H2,1-3H3/b18-17+. The van der Waals surface area contributed by atoms with Crippen molar-refractivity contribution < 1.29 is 4.84 Å². The topological polar surface area (TPSA) is 24.8 Å². The van der Waals surface area contributed by atoms with E-state index >= 15 is 0 Å². The molecule has 2 aliphatic rings. The first-order chi connectivity index (χ1) is 9.80. The summed E-state index contributed by atoms with van der Waals surface area (Å²) in [5.41, 5.74) is 4.42. The molecule has 0 aromatic rings. The van der Waals surface area contributed by atoms with Crippen molar-refractivity contribution in [1.29, 1.82) is 0 Å². The monoisotopic (exact) mass is 278 g/mol. The van der Waals surface area contributed by atoms with E-state index in [1.165, 1.54) is 69.3 Å². The van der Waals surface area contributed by atoms with Crippen molar-refractivity contribution in [2.45, 2.75) is 71.3 Å². The fourth-order valence-corrected chi connectivity index (χ4v) is 3.79. The molecule has 0 spiro atoms. The van der Waals surface area contributed by atoms with E-state index in [2.05, 4.69) is 23.9 Å². The summed E-state index contributed by atoms with van der Waals surface area (Å²) in [6.07, 6.45) is 9.91. The van der Waals surface area contributed by atoms with Gasteiger partial charge in [-0.25, -0.2) is 0 Å². The maximum Gasteiger partial charge on any atom is 0.106 e. The Hall–Kier alpha value is -0.830. The van der Waals surface area contributed by atoms with E-state index in [1.54, 1.807) is 12.7 Å². The average Bonchev–Trinajstić information content (AvgIpc) is 2.47. The van der Waals surface area contributed by atoms with Crippen LogP contribution in [0.3, 0.4) is 0 Å². The van der Waals surface area contributed by atoms with Crippen molar-refractivity contribution in [3.8, 4) is 0 Å². The van der Waals surface area contributed by atoms with E-state index in [0.717, 1.165) is 12.5 Å². The van der Waals surface area contributed by atoms with Crippen LogP contribution >= 0.6 is 0 Å². The summed E-state index contributed by atoms with van der Waals surface area (Å²) in [5.74, 6) is 0. The molecule has 20 heavy (non-hydrogen) atoms. The highest BCUT2D eigenvalue weighted by Gasteiger charge is 2.29. The highest BCUT2D eigenvalue weighted by Crippen LogP contribution is 2.36. The first-order valence-electron chi connectivity index (χ1n) is 8.35. The first kappa shape index (κ1) is 15.6. The minimum atomic E-state index is 0.760. The highest BCUT2D eigenvalue weighted by atomic mass is 16.6. The van der Waals surface area contributed by atoms with Crippen molar-refractivity contribution in [3.05, 3.63) is 11.1 Å². The molecule has 0 heterocycles. The summed E-state index contributed by atoms with van der Waals surface area (Å²) >= 11 is 0. The van der Waals surface area contributed by atoms with Crippen LogP contribution in [0.2, 0.25) is 0 Å². The zero-order valence-electron chi connectivity index (χ0n) is 13.5. The molecule has 3 heteroatoms. The molecular formula is C17H30N2O. The fourth-order valence-electron chi connectivity index (χ4n) is 3.79. The fraction of sp³-hybridized carbons (Fsp3) is 0.824. The molecule has 0 saturated heterocycles. The minimum Gasteiger partial charge on any atom is -0.399 e. The molecule has 3 nitrogen and oxygen atoms in total.